The highest BCUT2D eigenvalue weighted by Gasteiger charge is 2.77. The van der Waals surface area contributed by atoms with Gasteiger partial charge < -0.3 is 25.5 Å². The molecule has 6 atom stereocenters. The summed E-state index contributed by atoms with van der Waals surface area (Å²) in [5, 5.41) is 59.2. The zero-order valence-electron chi connectivity index (χ0n) is 25.5. The maximum absolute atomic E-state index is 14.5. The van der Waals surface area contributed by atoms with Gasteiger partial charge in [0, 0.05) is 22.3 Å². The van der Waals surface area contributed by atoms with Crippen LogP contribution in [0.1, 0.15) is 104 Å². The molecule has 1 fully saturated rings. The lowest BCUT2D eigenvalue weighted by molar-refractivity contribution is -0.215. The lowest BCUT2D eigenvalue weighted by Gasteiger charge is -2.63. The number of hydrogen-bond donors (Lipinski definition) is 5. The second-order valence-electron chi connectivity index (χ2n) is 13.7. The van der Waals surface area contributed by atoms with Crippen LogP contribution in [-0.2, 0) is 19.8 Å². The van der Waals surface area contributed by atoms with E-state index in [1.165, 1.54) is 6.92 Å². The summed E-state index contributed by atoms with van der Waals surface area (Å²) < 4.78 is 0. The van der Waals surface area contributed by atoms with Crippen molar-refractivity contribution in [3.63, 3.8) is 0 Å². The Morgan fingerprint density at radius 3 is 2.20 bits per heavy atom. The second kappa shape index (κ2) is 9.53. The first-order valence-electron chi connectivity index (χ1n) is 14.5. The summed E-state index contributed by atoms with van der Waals surface area (Å²) in [6.07, 6.45) is 1.02. The monoisotopic (exact) mass is 568 g/mol. The third-order valence-electron chi connectivity index (χ3n) is 10.7. The van der Waals surface area contributed by atoms with Crippen LogP contribution >= 0.6 is 0 Å². The molecule has 0 saturated heterocycles. The van der Waals surface area contributed by atoms with Crippen LogP contribution in [0.3, 0.4) is 0 Å². The van der Waals surface area contributed by atoms with Crippen LogP contribution < -0.4 is 0 Å². The summed E-state index contributed by atoms with van der Waals surface area (Å²) in [7, 11) is 0. The van der Waals surface area contributed by atoms with Crippen LogP contribution in [0.2, 0.25) is 0 Å². The number of fused-ring (bicyclic) bond motifs is 3. The van der Waals surface area contributed by atoms with Crippen LogP contribution in [-0.4, -0.2) is 54.6 Å². The Labute approximate surface area is 241 Å². The molecule has 0 bridgehead atoms. The summed E-state index contributed by atoms with van der Waals surface area (Å²) in [6, 6.07) is 3.60. The maximum atomic E-state index is 14.5. The molecule has 3 aliphatic carbocycles. The maximum Gasteiger partial charge on any atom is 0.203 e. The van der Waals surface area contributed by atoms with E-state index in [2.05, 4.69) is 6.92 Å². The average Bonchev–Trinajstić information content (AvgIpc) is 2.87. The van der Waals surface area contributed by atoms with Crippen molar-refractivity contribution >= 4 is 23.1 Å². The average molecular weight is 569 g/mol. The van der Waals surface area contributed by atoms with Gasteiger partial charge in [-0.05, 0) is 36.2 Å². The summed E-state index contributed by atoms with van der Waals surface area (Å²) in [6.45, 7) is 15.3. The number of aliphatic hydroxyl groups excluding tert-OH is 3. The Morgan fingerprint density at radius 2 is 1.68 bits per heavy atom. The van der Waals surface area contributed by atoms with Gasteiger partial charge in [-0.3, -0.25) is 14.4 Å². The van der Waals surface area contributed by atoms with Crippen molar-refractivity contribution in [2.24, 2.45) is 22.7 Å². The molecular formula is C33H44O8. The number of carbonyl (C=O) groups excluding carboxylic acids is 3. The zero-order valence-corrected chi connectivity index (χ0v) is 25.5. The lowest BCUT2D eigenvalue weighted by atomic mass is 9.40. The van der Waals surface area contributed by atoms with E-state index in [1.807, 2.05) is 19.9 Å². The Bertz CT molecular complexity index is 1410. The van der Waals surface area contributed by atoms with Crippen LogP contribution in [0.4, 0.5) is 0 Å². The molecule has 224 valence electrons. The van der Waals surface area contributed by atoms with Gasteiger partial charge in [0.2, 0.25) is 5.78 Å². The van der Waals surface area contributed by atoms with Crippen molar-refractivity contribution in [3.05, 3.63) is 45.7 Å². The van der Waals surface area contributed by atoms with E-state index < -0.39 is 80.1 Å². The molecule has 8 nitrogen and oxygen atoms in total. The Hall–Kier alpha value is -2.97. The molecule has 5 N–H and O–H groups in total. The fraction of sp³-hybridized carbons (Fsp3) is 0.606. The molecule has 0 spiro atoms. The first-order chi connectivity index (χ1) is 18.8. The Kier molecular flexibility index (Phi) is 7.20. The zero-order chi connectivity index (χ0) is 31.2. The van der Waals surface area contributed by atoms with Gasteiger partial charge in [-0.1, -0.05) is 80.4 Å². The number of unbranched alkanes of at least 4 members (excludes halogenated alkanes) is 1. The number of aliphatic hydroxyl groups is 4. The van der Waals surface area contributed by atoms with Crippen molar-refractivity contribution in [2.75, 3.05) is 0 Å². The molecule has 4 rings (SSSR count). The number of rotatable bonds is 6. The molecule has 41 heavy (non-hydrogen) atoms. The van der Waals surface area contributed by atoms with E-state index in [1.54, 1.807) is 33.8 Å². The van der Waals surface area contributed by atoms with E-state index in [-0.39, 0.29) is 16.9 Å². The summed E-state index contributed by atoms with van der Waals surface area (Å²) >= 11 is 0. The minimum Gasteiger partial charge on any atom is -0.508 e. The van der Waals surface area contributed by atoms with Crippen molar-refractivity contribution in [3.8, 4) is 5.75 Å². The quantitative estimate of drug-likeness (QED) is 0.294. The molecule has 0 heterocycles. The molecular weight excluding hydrogens is 524 g/mol. The van der Waals surface area contributed by atoms with E-state index in [0.717, 1.165) is 26.2 Å². The molecule has 3 aliphatic rings. The van der Waals surface area contributed by atoms with Crippen LogP contribution in [0.5, 0.6) is 5.75 Å². The molecule has 0 radical (unpaired) electrons. The molecule has 0 aliphatic heterocycles. The fourth-order valence-electron chi connectivity index (χ4n) is 8.23. The largest absolute Gasteiger partial charge is 0.508 e. The number of aromatic hydroxyl groups is 1. The van der Waals surface area contributed by atoms with Crippen LogP contribution in [0, 0.1) is 22.7 Å². The highest BCUT2D eigenvalue weighted by atomic mass is 16.4. The van der Waals surface area contributed by atoms with E-state index in [0.29, 0.717) is 11.1 Å². The number of ketones is 3. The van der Waals surface area contributed by atoms with Crippen LogP contribution in [0.15, 0.2) is 29.0 Å². The van der Waals surface area contributed by atoms with Crippen molar-refractivity contribution < 1.29 is 39.9 Å². The van der Waals surface area contributed by atoms with Gasteiger partial charge in [-0.25, -0.2) is 0 Å². The normalized spacial score (nSPS) is 33.6. The molecule has 1 aromatic rings. The van der Waals surface area contributed by atoms with Gasteiger partial charge in [0.05, 0.1) is 17.2 Å². The Morgan fingerprint density at radius 1 is 1.10 bits per heavy atom. The number of carbonyl (C=O) groups is 3. The van der Waals surface area contributed by atoms with Gasteiger partial charge in [0.15, 0.2) is 17.2 Å². The lowest BCUT2D eigenvalue weighted by Crippen LogP contribution is -2.75. The van der Waals surface area contributed by atoms with Crippen molar-refractivity contribution in [2.45, 2.75) is 105 Å². The predicted octanol–water partition coefficient (Wildman–Crippen LogP) is 5.19. The van der Waals surface area contributed by atoms with Gasteiger partial charge in [-0.15, -0.1) is 0 Å². The Balaban J connectivity index is 2.10. The molecule has 0 aromatic heterocycles. The molecule has 1 aromatic carbocycles. The first-order valence-corrected chi connectivity index (χ1v) is 14.5. The van der Waals surface area contributed by atoms with Crippen molar-refractivity contribution in [1.82, 2.24) is 0 Å². The van der Waals surface area contributed by atoms with Crippen LogP contribution in [0.25, 0.3) is 5.76 Å². The standard InChI is InChI=1S/C33H44O8/c1-10-11-14-30(6,7)19-13-12-18-16(4)31(8)23(26(37)21(18)24(19)35)28(39)33(41)27(38)20(17(5)34)25(36)22(15(2)3)32(33,9)29(31)40/h12-13,15-16,22,29,35,37-38,40-41H,10-11,14H2,1-9H3/t16-,22?,29-,31+,32+,33+/m1/s1. The second-order valence-corrected chi connectivity index (χ2v) is 13.7. The minimum atomic E-state index is -2.88. The minimum absolute atomic E-state index is 0.0438. The smallest absolute Gasteiger partial charge is 0.203 e. The highest BCUT2D eigenvalue weighted by Crippen LogP contribution is 2.67. The number of benzene rings is 1. The van der Waals surface area contributed by atoms with Crippen molar-refractivity contribution in [1.29, 1.82) is 0 Å². The summed E-state index contributed by atoms with van der Waals surface area (Å²) in [5.41, 5.74) is -6.71. The molecule has 1 saturated carbocycles. The number of Topliss-reactive ketones (excluding diaryl/α,β-unsaturated/α-hetero) is 3. The van der Waals surface area contributed by atoms with E-state index in [9.17, 15) is 39.9 Å². The van der Waals surface area contributed by atoms with Gasteiger partial charge in [-0.2, -0.15) is 0 Å². The van der Waals surface area contributed by atoms with E-state index >= 15 is 0 Å². The van der Waals surface area contributed by atoms with Gasteiger partial charge in [0.1, 0.15) is 22.8 Å². The molecule has 0 amide bonds. The predicted molar refractivity (Wildman–Crippen MR) is 154 cm³/mol. The number of phenolic OH excluding ortho intramolecular Hbond substituents is 1. The summed E-state index contributed by atoms with van der Waals surface area (Å²) in [5.74, 6) is -6.96. The molecule has 8 heteroatoms. The summed E-state index contributed by atoms with van der Waals surface area (Å²) in [4.78, 5) is 40.8. The van der Waals surface area contributed by atoms with Gasteiger partial charge in [0.25, 0.3) is 0 Å². The fourth-order valence-corrected chi connectivity index (χ4v) is 8.23. The third-order valence-corrected chi connectivity index (χ3v) is 10.7. The van der Waals surface area contributed by atoms with Gasteiger partial charge >= 0.3 is 0 Å². The number of phenols is 1. The number of allylic oxidation sites excluding steroid dienone is 1. The molecule has 1 unspecified atom stereocenters. The third kappa shape index (κ3) is 3.62. The van der Waals surface area contributed by atoms with E-state index in [4.69, 9.17) is 0 Å². The number of hydrogen-bond acceptors (Lipinski definition) is 8. The first kappa shape index (κ1) is 31.0. The topological polar surface area (TPSA) is 152 Å². The highest BCUT2D eigenvalue weighted by molar-refractivity contribution is 6.24. The SMILES string of the molecule is CCCCC(C)(C)c1ccc2c(c1O)C(O)=C1C(=O)[C@@]3(O)C(O)=C(C(C)=O)C(=O)C(C(C)C)[C@@]3(C)[C@H](O)[C@@]1(C)[C@@H]2C.